The number of benzene rings is 2. The van der Waals surface area contributed by atoms with Crippen LogP contribution in [-0.4, -0.2) is 0 Å². The highest BCUT2D eigenvalue weighted by Gasteiger charge is 2.51. The molecule has 2 aromatic carbocycles. The van der Waals surface area contributed by atoms with Crippen LogP contribution in [0.25, 0.3) is 11.1 Å². The summed E-state index contributed by atoms with van der Waals surface area (Å²) in [5.41, 5.74) is 10.8. The fraction of sp³-hybridized carbons (Fsp3) is 0.290. The molecule has 0 aliphatic heterocycles. The third-order valence-corrected chi connectivity index (χ3v) is 6.12. The Morgan fingerprint density at radius 2 is 1.68 bits per heavy atom. The molecule has 0 nitrogen and oxygen atoms in total. The van der Waals surface area contributed by atoms with E-state index in [-0.39, 0.29) is 12.8 Å². The van der Waals surface area contributed by atoms with Gasteiger partial charge in [-0.2, -0.15) is 0 Å². The SMILES string of the molecule is C.C=CC1=C(/C=C\C)C/C(=C/C/C=C\C)C12c1ccccc1-c1ccc(C)cc12.CC. The van der Waals surface area contributed by atoms with Crippen molar-refractivity contribution in [3.8, 4) is 11.1 Å². The average molecular weight is 411 g/mol. The summed E-state index contributed by atoms with van der Waals surface area (Å²) in [6.45, 7) is 14.6. The molecule has 0 bridgehead atoms. The molecule has 162 valence electrons. The molecule has 0 fully saturated rings. The standard InChI is InChI=1S/C28H28.C2H6.CH4/c1-5-8-9-13-22-19-21(12-6-2)25(7-3)28(22)26-15-11-10-14-23(26)24-17-16-20(4)18-27(24)28;1-2;/h5-8,10-18H,3,9,19H2,1-2,4H3;1-2H3;1H4/b8-5-,12-6-,22-13-;;. The number of rotatable bonds is 4. The minimum absolute atomic E-state index is 0. The van der Waals surface area contributed by atoms with Gasteiger partial charge in [-0.25, -0.2) is 0 Å². The lowest BCUT2D eigenvalue weighted by molar-refractivity contribution is 0.760. The second kappa shape index (κ2) is 10.4. The van der Waals surface area contributed by atoms with Crippen LogP contribution in [0.3, 0.4) is 0 Å². The zero-order valence-electron chi connectivity index (χ0n) is 19.1. The molecule has 0 saturated carbocycles. The molecule has 1 unspecified atom stereocenters. The molecule has 31 heavy (non-hydrogen) atoms. The second-order valence-electron chi connectivity index (χ2n) is 7.70. The summed E-state index contributed by atoms with van der Waals surface area (Å²) in [5, 5.41) is 0. The lowest BCUT2D eigenvalue weighted by Gasteiger charge is -2.32. The molecule has 0 heteroatoms. The Bertz CT molecular complexity index is 1060. The van der Waals surface area contributed by atoms with Crippen molar-refractivity contribution in [1.82, 2.24) is 0 Å². The predicted octanol–water partition coefficient (Wildman–Crippen LogP) is 9.28. The molecule has 4 rings (SSSR count). The maximum Gasteiger partial charge on any atom is 0.0679 e. The quantitative estimate of drug-likeness (QED) is 0.440. The molecule has 2 aliphatic carbocycles. The molecule has 0 radical (unpaired) electrons. The van der Waals surface area contributed by atoms with Crippen LogP contribution in [0.15, 0.2) is 102 Å². The molecule has 0 N–H and O–H groups in total. The van der Waals surface area contributed by atoms with Crippen molar-refractivity contribution in [3.63, 3.8) is 0 Å². The number of hydrogen-bond acceptors (Lipinski definition) is 0. The third kappa shape index (κ3) is 3.81. The molecule has 1 atom stereocenters. The van der Waals surface area contributed by atoms with E-state index in [0.717, 1.165) is 12.8 Å². The van der Waals surface area contributed by atoms with Gasteiger partial charge in [0.25, 0.3) is 0 Å². The van der Waals surface area contributed by atoms with Crippen LogP contribution in [0.1, 0.15) is 64.7 Å². The van der Waals surface area contributed by atoms with E-state index in [1.165, 1.54) is 44.5 Å². The predicted molar refractivity (Wildman–Crippen MR) is 140 cm³/mol. The third-order valence-electron chi connectivity index (χ3n) is 6.12. The smallest absolute Gasteiger partial charge is 0.0679 e. The first-order chi connectivity index (χ1) is 14.7. The van der Waals surface area contributed by atoms with E-state index in [0.29, 0.717) is 0 Å². The van der Waals surface area contributed by atoms with E-state index in [1.54, 1.807) is 0 Å². The first-order valence-corrected chi connectivity index (χ1v) is 11.2. The van der Waals surface area contributed by atoms with Crippen LogP contribution in [0.2, 0.25) is 0 Å². The molecule has 0 heterocycles. The van der Waals surface area contributed by atoms with Gasteiger partial charge in [0.05, 0.1) is 5.41 Å². The van der Waals surface area contributed by atoms with Crippen molar-refractivity contribution in [2.24, 2.45) is 0 Å². The van der Waals surface area contributed by atoms with Crippen molar-refractivity contribution < 1.29 is 0 Å². The van der Waals surface area contributed by atoms with Crippen LogP contribution in [0.5, 0.6) is 0 Å². The Balaban J connectivity index is 0.00000111. The summed E-state index contributed by atoms with van der Waals surface area (Å²) < 4.78 is 0. The molecule has 0 aromatic heterocycles. The Morgan fingerprint density at radius 3 is 2.35 bits per heavy atom. The lowest BCUT2D eigenvalue weighted by atomic mass is 9.69. The van der Waals surface area contributed by atoms with Gasteiger partial charge in [-0.15, -0.1) is 0 Å². The Morgan fingerprint density at radius 1 is 0.968 bits per heavy atom. The first-order valence-electron chi connectivity index (χ1n) is 11.2. The molecule has 2 aromatic rings. The maximum absolute atomic E-state index is 4.26. The van der Waals surface area contributed by atoms with Gasteiger partial charge in [0, 0.05) is 0 Å². The van der Waals surface area contributed by atoms with Gasteiger partial charge in [-0.3, -0.25) is 0 Å². The highest BCUT2D eigenvalue weighted by Crippen LogP contribution is 2.61. The maximum atomic E-state index is 4.26. The summed E-state index contributed by atoms with van der Waals surface area (Å²) in [6, 6.07) is 15.8. The summed E-state index contributed by atoms with van der Waals surface area (Å²) >= 11 is 0. The molecular weight excluding hydrogens is 372 g/mol. The molecule has 0 saturated heterocycles. The van der Waals surface area contributed by atoms with Crippen molar-refractivity contribution >= 4 is 0 Å². The summed E-state index contributed by atoms with van der Waals surface area (Å²) in [5.74, 6) is 0. The summed E-state index contributed by atoms with van der Waals surface area (Å²) in [6.07, 6.45) is 15.3. The zero-order valence-corrected chi connectivity index (χ0v) is 19.1. The van der Waals surface area contributed by atoms with Gasteiger partial charge < -0.3 is 0 Å². The number of allylic oxidation sites excluding steroid dienone is 9. The minimum atomic E-state index is -0.212. The normalized spacial score (nSPS) is 20.1. The van der Waals surface area contributed by atoms with Crippen molar-refractivity contribution in [2.75, 3.05) is 0 Å². The van der Waals surface area contributed by atoms with Gasteiger partial charge in [0.2, 0.25) is 0 Å². The van der Waals surface area contributed by atoms with Crippen molar-refractivity contribution in [2.45, 2.75) is 60.3 Å². The molecule has 0 amide bonds. The van der Waals surface area contributed by atoms with Gasteiger partial charge in [-0.1, -0.05) is 118 Å². The topological polar surface area (TPSA) is 0 Å². The van der Waals surface area contributed by atoms with E-state index in [2.05, 4.69) is 106 Å². The Hall–Kier alpha value is -2.86. The highest BCUT2D eigenvalue weighted by molar-refractivity contribution is 5.88. The largest absolute Gasteiger partial charge is 0.0987 e. The molecule has 1 spiro atoms. The number of aryl methyl sites for hydroxylation is 1. The van der Waals surface area contributed by atoms with E-state index >= 15 is 0 Å². The van der Waals surface area contributed by atoms with Crippen molar-refractivity contribution in [1.29, 1.82) is 0 Å². The van der Waals surface area contributed by atoms with E-state index in [9.17, 15) is 0 Å². The zero-order chi connectivity index (χ0) is 21.7. The van der Waals surface area contributed by atoms with Crippen LogP contribution < -0.4 is 0 Å². The number of fused-ring (bicyclic) bond motifs is 5. The van der Waals surface area contributed by atoms with E-state index in [4.69, 9.17) is 0 Å². The van der Waals surface area contributed by atoms with Crippen LogP contribution >= 0.6 is 0 Å². The van der Waals surface area contributed by atoms with Gasteiger partial charge in [-0.05, 0) is 67.0 Å². The van der Waals surface area contributed by atoms with Gasteiger partial charge in [0.1, 0.15) is 0 Å². The fourth-order valence-corrected chi connectivity index (χ4v) is 5.08. The fourth-order valence-electron chi connectivity index (χ4n) is 5.08. The van der Waals surface area contributed by atoms with Crippen LogP contribution in [0, 0.1) is 6.92 Å². The van der Waals surface area contributed by atoms with Gasteiger partial charge >= 0.3 is 0 Å². The summed E-state index contributed by atoms with van der Waals surface area (Å²) in [4.78, 5) is 0. The van der Waals surface area contributed by atoms with E-state index < -0.39 is 0 Å². The Labute approximate surface area is 190 Å². The van der Waals surface area contributed by atoms with Crippen molar-refractivity contribution in [3.05, 3.63) is 119 Å². The second-order valence-corrected chi connectivity index (χ2v) is 7.70. The number of hydrogen-bond donors (Lipinski definition) is 0. The van der Waals surface area contributed by atoms with Crippen LogP contribution in [0.4, 0.5) is 0 Å². The lowest BCUT2D eigenvalue weighted by Crippen LogP contribution is -2.26. The van der Waals surface area contributed by atoms with Gasteiger partial charge in [0.15, 0.2) is 0 Å². The van der Waals surface area contributed by atoms with Crippen LogP contribution in [-0.2, 0) is 5.41 Å². The summed E-state index contributed by atoms with van der Waals surface area (Å²) in [7, 11) is 0. The Kier molecular flexibility index (Phi) is 8.22. The first kappa shape index (κ1) is 24.4. The highest BCUT2D eigenvalue weighted by atomic mass is 14.5. The average Bonchev–Trinajstić information content (AvgIpc) is 3.24. The monoisotopic (exact) mass is 410 g/mol. The molecular formula is C31H38. The van der Waals surface area contributed by atoms with E-state index in [1.807, 2.05) is 13.8 Å². The molecule has 2 aliphatic rings. The minimum Gasteiger partial charge on any atom is -0.0987 e.